The highest BCUT2D eigenvalue weighted by Gasteiger charge is 2.31. The quantitative estimate of drug-likeness (QED) is 0.846. The Morgan fingerprint density at radius 3 is 2.45 bits per heavy atom. The zero-order chi connectivity index (χ0) is 14.9. The molecule has 1 aromatic rings. The fraction of sp³-hybridized carbons (Fsp3) is 0.647. The predicted molar refractivity (Wildman–Crippen MR) is 83.6 cm³/mol. The summed E-state index contributed by atoms with van der Waals surface area (Å²) in [6.07, 6.45) is 3.64. The van der Waals surface area contributed by atoms with Crippen molar-refractivity contribution in [1.29, 1.82) is 0 Å². The molecule has 1 atom stereocenters. The van der Waals surface area contributed by atoms with E-state index in [0.717, 1.165) is 24.2 Å². The Hall–Kier alpha value is -1.09. The van der Waals surface area contributed by atoms with Crippen molar-refractivity contribution in [2.24, 2.45) is 11.7 Å². The highest BCUT2D eigenvalue weighted by atomic mass is 19.1. The topological polar surface area (TPSA) is 29.3 Å². The van der Waals surface area contributed by atoms with Gasteiger partial charge in [0.1, 0.15) is 5.82 Å². The van der Waals surface area contributed by atoms with Gasteiger partial charge in [-0.3, -0.25) is 0 Å². The Kier molecular flexibility index (Phi) is 4.69. The van der Waals surface area contributed by atoms with Crippen LogP contribution >= 0.6 is 0 Å². The molecule has 1 aliphatic rings. The van der Waals surface area contributed by atoms with E-state index in [9.17, 15) is 4.39 Å². The van der Waals surface area contributed by atoms with Gasteiger partial charge in [-0.05, 0) is 62.3 Å². The molecule has 0 unspecified atom stereocenters. The summed E-state index contributed by atoms with van der Waals surface area (Å²) in [5.41, 5.74) is 8.84. The van der Waals surface area contributed by atoms with E-state index in [-0.39, 0.29) is 11.9 Å². The summed E-state index contributed by atoms with van der Waals surface area (Å²) in [4.78, 5) is 2.45. The van der Waals surface area contributed by atoms with E-state index in [1.165, 1.54) is 12.8 Å². The van der Waals surface area contributed by atoms with Crippen molar-refractivity contribution in [3.8, 4) is 0 Å². The van der Waals surface area contributed by atoms with Crippen molar-refractivity contribution in [3.63, 3.8) is 0 Å². The van der Waals surface area contributed by atoms with Crippen LogP contribution in [0.2, 0.25) is 0 Å². The molecule has 112 valence electrons. The SMILES string of the molecule is Cc1cc(N(CCC(C)C)C2CC2)c([C@@H](C)N)cc1F. The van der Waals surface area contributed by atoms with E-state index in [2.05, 4.69) is 18.7 Å². The molecule has 0 aromatic heterocycles. The smallest absolute Gasteiger partial charge is 0.126 e. The average Bonchev–Trinajstić information content (AvgIpc) is 3.17. The largest absolute Gasteiger partial charge is 0.368 e. The maximum absolute atomic E-state index is 13.8. The van der Waals surface area contributed by atoms with Crippen LogP contribution < -0.4 is 10.6 Å². The molecule has 1 aromatic carbocycles. The molecule has 0 radical (unpaired) electrons. The Morgan fingerprint density at radius 1 is 1.30 bits per heavy atom. The van der Waals surface area contributed by atoms with Crippen LogP contribution in [0.3, 0.4) is 0 Å². The number of nitrogens with two attached hydrogens (primary N) is 1. The van der Waals surface area contributed by atoms with E-state index in [1.54, 1.807) is 6.07 Å². The number of hydrogen-bond acceptors (Lipinski definition) is 2. The second-order valence-electron chi connectivity index (χ2n) is 6.56. The lowest BCUT2D eigenvalue weighted by Crippen LogP contribution is -2.30. The molecule has 0 heterocycles. The maximum Gasteiger partial charge on any atom is 0.126 e. The molecular formula is C17H27FN2. The van der Waals surface area contributed by atoms with Crippen LogP contribution in [0.4, 0.5) is 10.1 Å². The van der Waals surface area contributed by atoms with Crippen molar-refractivity contribution in [1.82, 2.24) is 0 Å². The third-order valence-corrected chi connectivity index (χ3v) is 4.04. The first-order chi connectivity index (χ1) is 9.40. The van der Waals surface area contributed by atoms with Crippen molar-refractivity contribution in [2.75, 3.05) is 11.4 Å². The van der Waals surface area contributed by atoms with Gasteiger partial charge in [0.15, 0.2) is 0 Å². The highest BCUT2D eigenvalue weighted by molar-refractivity contribution is 5.58. The van der Waals surface area contributed by atoms with Gasteiger partial charge in [-0.1, -0.05) is 13.8 Å². The molecular weight excluding hydrogens is 251 g/mol. The molecule has 2 rings (SSSR count). The van der Waals surface area contributed by atoms with E-state index in [4.69, 9.17) is 5.73 Å². The molecule has 1 aliphatic carbocycles. The Balaban J connectivity index is 2.33. The minimum Gasteiger partial charge on any atom is -0.368 e. The van der Waals surface area contributed by atoms with Crippen LogP contribution in [0.25, 0.3) is 0 Å². The molecule has 20 heavy (non-hydrogen) atoms. The number of nitrogens with zero attached hydrogens (tertiary/aromatic N) is 1. The van der Waals surface area contributed by atoms with Gasteiger partial charge in [-0.2, -0.15) is 0 Å². The lowest BCUT2D eigenvalue weighted by Gasteiger charge is -2.29. The minimum absolute atomic E-state index is 0.139. The number of aryl methyl sites for hydroxylation is 1. The fourth-order valence-corrected chi connectivity index (χ4v) is 2.58. The second-order valence-corrected chi connectivity index (χ2v) is 6.56. The van der Waals surface area contributed by atoms with E-state index >= 15 is 0 Å². The van der Waals surface area contributed by atoms with Crippen molar-refractivity contribution >= 4 is 5.69 Å². The van der Waals surface area contributed by atoms with E-state index in [0.29, 0.717) is 17.5 Å². The summed E-state index contributed by atoms with van der Waals surface area (Å²) in [6.45, 7) is 9.28. The zero-order valence-corrected chi connectivity index (χ0v) is 13.1. The lowest BCUT2D eigenvalue weighted by molar-refractivity contribution is 0.567. The molecule has 0 saturated heterocycles. The van der Waals surface area contributed by atoms with Crippen molar-refractivity contribution in [2.45, 2.75) is 59.0 Å². The number of benzene rings is 1. The van der Waals surface area contributed by atoms with Crippen molar-refractivity contribution in [3.05, 3.63) is 29.1 Å². The number of halogens is 1. The van der Waals surface area contributed by atoms with Gasteiger partial charge < -0.3 is 10.6 Å². The predicted octanol–water partition coefficient (Wildman–Crippen LogP) is 4.17. The zero-order valence-electron chi connectivity index (χ0n) is 13.1. The van der Waals surface area contributed by atoms with Gasteiger partial charge in [0.05, 0.1) is 0 Å². The lowest BCUT2D eigenvalue weighted by atomic mass is 10.0. The molecule has 0 aliphatic heterocycles. The van der Waals surface area contributed by atoms with Gasteiger partial charge in [-0.25, -0.2) is 4.39 Å². The summed E-state index contributed by atoms with van der Waals surface area (Å²) >= 11 is 0. The van der Waals surface area contributed by atoms with Crippen molar-refractivity contribution < 1.29 is 4.39 Å². The van der Waals surface area contributed by atoms with E-state index < -0.39 is 0 Å². The molecule has 0 bridgehead atoms. The summed E-state index contributed by atoms with van der Waals surface area (Å²) < 4.78 is 13.8. The first-order valence-electron chi connectivity index (χ1n) is 7.72. The highest BCUT2D eigenvalue weighted by Crippen LogP contribution is 2.37. The Morgan fingerprint density at radius 2 is 1.95 bits per heavy atom. The standard InChI is InChI=1S/C17H27FN2/c1-11(2)7-8-20(14-5-6-14)17-9-12(3)16(18)10-15(17)13(4)19/h9-11,13-14H,5-8,19H2,1-4H3/t13-/m1/s1. The van der Waals surface area contributed by atoms with Crippen LogP contribution in [0.15, 0.2) is 12.1 Å². The molecule has 1 fully saturated rings. The molecule has 1 saturated carbocycles. The second kappa shape index (κ2) is 6.13. The van der Waals surface area contributed by atoms with Gasteiger partial charge in [0, 0.05) is 24.3 Å². The van der Waals surface area contributed by atoms with Gasteiger partial charge in [0.25, 0.3) is 0 Å². The van der Waals surface area contributed by atoms with Crippen LogP contribution in [0.5, 0.6) is 0 Å². The monoisotopic (exact) mass is 278 g/mol. The average molecular weight is 278 g/mol. The van der Waals surface area contributed by atoms with E-state index in [1.807, 2.05) is 19.9 Å². The minimum atomic E-state index is -0.152. The number of anilines is 1. The normalized spacial score (nSPS) is 16.6. The van der Waals surface area contributed by atoms with Crippen LogP contribution in [-0.4, -0.2) is 12.6 Å². The molecule has 2 nitrogen and oxygen atoms in total. The third-order valence-electron chi connectivity index (χ3n) is 4.04. The van der Waals surface area contributed by atoms with Crippen LogP contribution in [-0.2, 0) is 0 Å². The first-order valence-corrected chi connectivity index (χ1v) is 7.72. The molecule has 2 N–H and O–H groups in total. The summed E-state index contributed by atoms with van der Waals surface area (Å²) in [6, 6.07) is 4.09. The van der Waals surface area contributed by atoms with Gasteiger partial charge >= 0.3 is 0 Å². The summed E-state index contributed by atoms with van der Waals surface area (Å²) in [5, 5.41) is 0. The van der Waals surface area contributed by atoms with Gasteiger partial charge in [0.2, 0.25) is 0 Å². The Labute approximate surface area is 122 Å². The molecule has 3 heteroatoms. The third kappa shape index (κ3) is 3.51. The molecule has 0 amide bonds. The number of rotatable bonds is 6. The number of hydrogen-bond donors (Lipinski definition) is 1. The van der Waals surface area contributed by atoms with Crippen LogP contribution in [0.1, 0.15) is 57.2 Å². The first kappa shape index (κ1) is 15.3. The van der Waals surface area contributed by atoms with Crippen LogP contribution in [0, 0.1) is 18.7 Å². The van der Waals surface area contributed by atoms with Gasteiger partial charge in [-0.15, -0.1) is 0 Å². The summed E-state index contributed by atoms with van der Waals surface area (Å²) in [5.74, 6) is 0.525. The molecule has 0 spiro atoms. The fourth-order valence-electron chi connectivity index (χ4n) is 2.58. The maximum atomic E-state index is 13.8. The summed E-state index contributed by atoms with van der Waals surface area (Å²) in [7, 11) is 0. The Bertz CT molecular complexity index is 464.